The van der Waals surface area contributed by atoms with E-state index in [1.165, 1.54) is 19.1 Å². The minimum absolute atomic E-state index is 0.0202. The molecule has 0 saturated heterocycles. The van der Waals surface area contributed by atoms with E-state index in [4.69, 9.17) is 26.8 Å². The Morgan fingerprint density at radius 3 is 2.68 bits per heavy atom. The Labute approximate surface area is 218 Å². The van der Waals surface area contributed by atoms with Gasteiger partial charge in [-0.1, -0.05) is 11.6 Å². The van der Waals surface area contributed by atoms with E-state index in [1.807, 2.05) is 4.72 Å². The van der Waals surface area contributed by atoms with Gasteiger partial charge in [-0.15, -0.1) is 0 Å². The molecule has 0 spiro atoms. The third kappa shape index (κ3) is 4.43. The van der Waals surface area contributed by atoms with E-state index >= 15 is 8.78 Å². The fraction of sp³-hybridized carbons (Fsp3) is 0.125. The Hall–Kier alpha value is -4.10. The van der Waals surface area contributed by atoms with Gasteiger partial charge in [0.05, 0.1) is 22.2 Å². The number of aromatic nitrogens is 2. The number of nitrogens with two attached hydrogens (primary N) is 1. The molecule has 9 nitrogen and oxygen atoms in total. The van der Waals surface area contributed by atoms with Crippen LogP contribution in [-0.2, 0) is 19.6 Å². The zero-order chi connectivity index (χ0) is 27.4. The average Bonchev–Trinajstić information content (AvgIpc) is 3.23. The molecular weight excluding hydrogens is 549 g/mol. The molecule has 4 aromatic rings. The Morgan fingerprint density at radius 1 is 1.18 bits per heavy atom. The fourth-order valence-electron chi connectivity index (χ4n) is 4.09. The minimum Gasteiger partial charge on any atom is -0.487 e. The van der Waals surface area contributed by atoms with Crippen LogP contribution in [0.3, 0.4) is 0 Å². The van der Waals surface area contributed by atoms with Crippen LogP contribution >= 0.6 is 11.6 Å². The van der Waals surface area contributed by atoms with E-state index in [0.717, 1.165) is 30.5 Å². The first-order chi connectivity index (χ1) is 18.0. The molecule has 3 aromatic carbocycles. The van der Waals surface area contributed by atoms with Gasteiger partial charge in [-0.3, -0.25) is 9.52 Å². The zero-order valence-corrected chi connectivity index (χ0v) is 20.8. The number of sulfonamides is 1. The van der Waals surface area contributed by atoms with Gasteiger partial charge in [0, 0.05) is 29.3 Å². The van der Waals surface area contributed by atoms with Crippen LogP contribution in [0, 0.1) is 17.5 Å². The molecule has 0 saturated carbocycles. The summed E-state index contributed by atoms with van der Waals surface area (Å²) in [5, 5.41) is -0.163. The van der Waals surface area contributed by atoms with E-state index in [0.29, 0.717) is 0 Å². The molecule has 1 aliphatic heterocycles. The molecule has 1 aliphatic rings. The van der Waals surface area contributed by atoms with Crippen molar-refractivity contribution in [3.05, 3.63) is 70.6 Å². The maximum atomic E-state index is 15.6. The van der Waals surface area contributed by atoms with Crippen molar-refractivity contribution in [2.24, 2.45) is 0 Å². The first-order valence-electron chi connectivity index (χ1n) is 10.8. The standard InChI is InChI=1S/C24H16ClF3N4O5S/c1-10(33)37-18-9-36-23-13(18)6-11(25)7-19(23)38(34,35)32-17-5-3-15(26)20(22(17)28)12-2-4-16-14(21(12)27)8-30-24(29)31-16/h2-8,18,32H,9H2,1H3,(H2,29,30,31)/t18-/m1/s1. The third-order valence-corrected chi connectivity index (χ3v) is 7.28. The number of nitrogens with zero attached hydrogens (tertiary/aromatic N) is 2. The van der Waals surface area contributed by atoms with Crippen LogP contribution in [0.5, 0.6) is 5.75 Å². The van der Waals surface area contributed by atoms with Crippen LogP contribution in [0.2, 0.25) is 5.02 Å². The summed E-state index contributed by atoms with van der Waals surface area (Å²) in [7, 11) is -4.59. The molecule has 5 rings (SSSR count). The molecule has 0 unspecified atom stereocenters. The number of carbonyl (C=O) groups excluding carboxylic acids is 1. The highest BCUT2D eigenvalue weighted by Crippen LogP contribution is 2.43. The highest BCUT2D eigenvalue weighted by Gasteiger charge is 2.34. The molecule has 38 heavy (non-hydrogen) atoms. The van der Waals surface area contributed by atoms with Crippen LogP contribution in [0.1, 0.15) is 18.6 Å². The average molecular weight is 565 g/mol. The van der Waals surface area contributed by atoms with Gasteiger partial charge in [0.15, 0.2) is 11.9 Å². The third-order valence-electron chi connectivity index (χ3n) is 5.69. The van der Waals surface area contributed by atoms with E-state index in [9.17, 15) is 17.6 Å². The second kappa shape index (κ2) is 9.33. The number of anilines is 2. The number of esters is 1. The van der Waals surface area contributed by atoms with Crippen LogP contribution in [0.15, 0.2) is 47.5 Å². The predicted molar refractivity (Wildman–Crippen MR) is 132 cm³/mol. The summed E-state index contributed by atoms with van der Waals surface area (Å²) in [5.41, 5.74) is 3.84. The SMILES string of the molecule is CC(=O)O[C@@H]1COc2c1cc(Cl)cc2S(=O)(=O)Nc1ccc(F)c(-c2ccc3nc(N)ncc3c2F)c1F. The number of rotatable bonds is 5. The van der Waals surface area contributed by atoms with Crippen molar-refractivity contribution in [1.82, 2.24) is 9.97 Å². The van der Waals surface area contributed by atoms with E-state index < -0.39 is 61.3 Å². The van der Waals surface area contributed by atoms with Gasteiger partial charge in [-0.05, 0) is 36.4 Å². The maximum absolute atomic E-state index is 15.6. The van der Waals surface area contributed by atoms with Crippen molar-refractivity contribution >= 4 is 50.1 Å². The van der Waals surface area contributed by atoms with Crippen molar-refractivity contribution in [3.63, 3.8) is 0 Å². The van der Waals surface area contributed by atoms with Crippen molar-refractivity contribution in [2.75, 3.05) is 17.1 Å². The number of nitrogens with one attached hydrogen (secondary N) is 1. The number of benzene rings is 3. The van der Waals surface area contributed by atoms with Gasteiger partial charge in [-0.25, -0.2) is 31.6 Å². The summed E-state index contributed by atoms with van der Waals surface area (Å²) in [4.78, 5) is 18.5. The Balaban J connectivity index is 1.57. The van der Waals surface area contributed by atoms with Crippen LogP contribution in [-0.4, -0.2) is 31.0 Å². The number of hydrogen-bond acceptors (Lipinski definition) is 8. The van der Waals surface area contributed by atoms with Gasteiger partial charge >= 0.3 is 5.97 Å². The molecule has 0 amide bonds. The summed E-state index contributed by atoms with van der Waals surface area (Å²) in [6.45, 7) is 1.01. The molecule has 196 valence electrons. The summed E-state index contributed by atoms with van der Waals surface area (Å²) in [6, 6.07) is 6.48. The number of fused-ring (bicyclic) bond motifs is 2. The molecular formula is C24H16ClF3N4O5S. The number of nitrogen functional groups attached to an aromatic ring is 1. The molecule has 0 aliphatic carbocycles. The smallest absolute Gasteiger partial charge is 0.303 e. The molecule has 1 atom stereocenters. The lowest BCUT2D eigenvalue weighted by Crippen LogP contribution is -2.15. The Morgan fingerprint density at radius 2 is 1.95 bits per heavy atom. The normalized spacial score (nSPS) is 14.7. The molecule has 1 aromatic heterocycles. The van der Waals surface area contributed by atoms with Crippen LogP contribution in [0.4, 0.5) is 24.8 Å². The maximum Gasteiger partial charge on any atom is 0.303 e. The largest absolute Gasteiger partial charge is 0.487 e. The lowest BCUT2D eigenvalue weighted by Gasteiger charge is -2.15. The second-order valence-electron chi connectivity index (χ2n) is 8.21. The quantitative estimate of drug-likeness (QED) is 0.332. The Kier molecular flexibility index (Phi) is 6.27. The predicted octanol–water partition coefficient (Wildman–Crippen LogP) is 4.75. The van der Waals surface area contributed by atoms with Crippen molar-refractivity contribution < 1.29 is 35.9 Å². The number of ether oxygens (including phenoxy) is 2. The Bertz CT molecular complexity index is 1750. The molecule has 0 radical (unpaired) electrons. The fourth-order valence-corrected chi connectivity index (χ4v) is 5.64. The summed E-state index contributed by atoms with van der Waals surface area (Å²) >= 11 is 6.10. The highest BCUT2D eigenvalue weighted by atomic mass is 35.5. The van der Waals surface area contributed by atoms with E-state index in [2.05, 4.69) is 9.97 Å². The molecule has 3 N–H and O–H groups in total. The van der Waals surface area contributed by atoms with Gasteiger partial charge in [0.25, 0.3) is 10.0 Å². The van der Waals surface area contributed by atoms with Gasteiger partial charge < -0.3 is 15.2 Å². The highest BCUT2D eigenvalue weighted by molar-refractivity contribution is 7.92. The number of halogens is 4. The molecule has 0 fully saturated rings. The molecule has 2 heterocycles. The van der Waals surface area contributed by atoms with E-state index in [1.54, 1.807) is 0 Å². The van der Waals surface area contributed by atoms with Gasteiger partial charge in [0.2, 0.25) is 5.95 Å². The lowest BCUT2D eigenvalue weighted by atomic mass is 10.0. The first kappa shape index (κ1) is 25.5. The van der Waals surface area contributed by atoms with Gasteiger partial charge in [-0.2, -0.15) is 0 Å². The van der Waals surface area contributed by atoms with Crippen LogP contribution in [0.25, 0.3) is 22.0 Å². The number of carbonyl (C=O) groups is 1. The van der Waals surface area contributed by atoms with Crippen molar-refractivity contribution in [1.29, 1.82) is 0 Å². The van der Waals surface area contributed by atoms with Gasteiger partial charge in [0.1, 0.15) is 28.9 Å². The van der Waals surface area contributed by atoms with E-state index in [-0.39, 0.29) is 39.8 Å². The summed E-state index contributed by atoms with van der Waals surface area (Å²) in [5.74, 6) is -4.43. The lowest BCUT2D eigenvalue weighted by molar-refractivity contribution is -0.147. The molecule has 14 heteroatoms. The monoisotopic (exact) mass is 564 g/mol. The van der Waals surface area contributed by atoms with Crippen molar-refractivity contribution in [3.8, 4) is 16.9 Å². The zero-order valence-electron chi connectivity index (χ0n) is 19.3. The first-order valence-corrected chi connectivity index (χ1v) is 12.7. The topological polar surface area (TPSA) is 134 Å². The summed E-state index contributed by atoms with van der Waals surface area (Å²) < 4.78 is 84.8. The minimum atomic E-state index is -4.59. The number of hydrogen-bond donors (Lipinski definition) is 2. The van der Waals surface area contributed by atoms with Crippen LogP contribution < -0.4 is 15.2 Å². The van der Waals surface area contributed by atoms with Crippen molar-refractivity contribution in [2.45, 2.75) is 17.9 Å². The molecule has 0 bridgehead atoms. The second-order valence-corrected chi connectivity index (χ2v) is 10.3. The summed E-state index contributed by atoms with van der Waals surface area (Å²) in [6.07, 6.45) is 0.168.